The second-order valence-electron chi connectivity index (χ2n) is 4.09. The van der Waals surface area contributed by atoms with Gasteiger partial charge < -0.3 is 15.4 Å². The Hall–Kier alpha value is -0.120. The van der Waals surface area contributed by atoms with E-state index in [1.807, 2.05) is 0 Å². The van der Waals surface area contributed by atoms with Crippen LogP contribution in [0.1, 0.15) is 26.7 Å². The molecule has 3 heteroatoms. The fourth-order valence-corrected chi connectivity index (χ4v) is 1.89. The Bertz CT molecular complexity index is 142. The van der Waals surface area contributed by atoms with Gasteiger partial charge in [-0.25, -0.2) is 0 Å². The van der Waals surface area contributed by atoms with Gasteiger partial charge in [0.2, 0.25) is 0 Å². The molecular formula is C11H24N2O. The summed E-state index contributed by atoms with van der Waals surface area (Å²) < 4.78 is 5.75. The topological polar surface area (TPSA) is 38.5 Å². The van der Waals surface area contributed by atoms with Crippen LogP contribution in [-0.4, -0.2) is 43.8 Å². The lowest BCUT2D eigenvalue weighted by atomic mass is 9.82. The van der Waals surface area contributed by atoms with Gasteiger partial charge in [-0.05, 0) is 38.4 Å². The molecule has 1 rings (SSSR count). The monoisotopic (exact) mass is 200 g/mol. The van der Waals surface area contributed by atoms with Crippen LogP contribution in [0.25, 0.3) is 0 Å². The van der Waals surface area contributed by atoms with Crippen LogP contribution in [0.4, 0.5) is 0 Å². The van der Waals surface area contributed by atoms with Crippen molar-refractivity contribution in [2.75, 3.05) is 32.8 Å². The summed E-state index contributed by atoms with van der Waals surface area (Å²) in [5.41, 5.74) is 5.55. The predicted molar refractivity (Wildman–Crippen MR) is 59.3 cm³/mol. The quantitative estimate of drug-likeness (QED) is 0.668. The number of likely N-dealkylation sites (N-methyl/N-ethyl adjacent to an activating group) is 1. The first-order chi connectivity index (χ1) is 6.80. The highest BCUT2D eigenvalue weighted by Crippen LogP contribution is 2.28. The number of ether oxygens (including phenoxy) is 1. The summed E-state index contributed by atoms with van der Waals surface area (Å²) in [6.07, 6.45) is 2.85. The molecule has 0 saturated heterocycles. The summed E-state index contributed by atoms with van der Waals surface area (Å²) in [6, 6.07) is 0. The lowest BCUT2D eigenvalue weighted by Gasteiger charge is -2.34. The zero-order valence-electron chi connectivity index (χ0n) is 9.54. The zero-order valence-corrected chi connectivity index (χ0v) is 9.54. The van der Waals surface area contributed by atoms with E-state index in [0.717, 1.165) is 38.7 Å². The van der Waals surface area contributed by atoms with E-state index in [9.17, 15) is 0 Å². The normalized spacial score (nSPS) is 26.6. The number of nitrogens with zero attached hydrogens (tertiary/aromatic N) is 1. The average Bonchev–Trinajstić information content (AvgIpc) is 2.15. The summed E-state index contributed by atoms with van der Waals surface area (Å²) in [5, 5.41) is 0. The summed E-state index contributed by atoms with van der Waals surface area (Å²) >= 11 is 0. The number of hydrogen-bond donors (Lipinski definition) is 1. The van der Waals surface area contributed by atoms with Crippen LogP contribution < -0.4 is 5.73 Å². The Morgan fingerprint density at radius 2 is 1.93 bits per heavy atom. The number of rotatable bonds is 7. The largest absolute Gasteiger partial charge is 0.377 e. The highest BCUT2D eigenvalue weighted by atomic mass is 16.5. The summed E-state index contributed by atoms with van der Waals surface area (Å²) in [7, 11) is 0. The van der Waals surface area contributed by atoms with E-state index in [0.29, 0.717) is 6.10 Å². The highest BCUT2D eigenvalue weighted by Gasteiger charge is 2.28. The number of nitrogens with two attached hydrogens (primary N) is 1. The van der Waals surface area contributed by atoms with E-state index in [4.69, 9.17) is 10.5 Å². The van der Waals surface area contributed by atoms with Crippen molar-refractivity contribution in [2.24, 2.45) is 11.7 Å². The molecule has 1 fully saturated rings. The van der Waals surface area contributed by atoms with Crippen LogP contribution in [0.3, 0.4) is 0 Å². The van der Waals surface area contributed by atoms with Crippen LogP contribution in [0.5, 0.6) is 0 Å². The Morgan fingerprint density at radius 1 is 1.29 bits per heavy atom. The molecule has 0 aliphatic heterocycles. The van der Waals surface area contributed by atoms with Crippen molar-refractivity contribution in [2.45, 2.75) is 32.8 Å². The molecule has 1 saturated carbocycles. The molecule has 0 aromatic rings. The smallest absolute Gasteiger partial charge is 0.0597 e. The lowest BCUT2D eigenvalue weighted by molar-refractivity contribution is -0.0341. The molecule has 1 aliphatic rings. The number of hydrogen-bond acceptors (Lipinski definition) is 3. The van der Waals surface area contributed by atoms with Gasteiger partial charge >= 0.3 is 0 Å². The van der Waals surface area contributed by atoms with Gasteiger partial charge in [0.15, 0.2) is 0 Å². The fraction of sp³-hybridized carbons (Fsp3) is 1.00. The van der Waals surface area contributed by atoms with Gasteiger partial charge in [0.05, 0.1) is 12.7 Å². The first-order valence-electron chi connectivity index (χ1n) is 5.84. The molecule has 0 aromatic heterocycles. The molecular weight excluding hydrogens is 176 g/mol. The van der Waals surface area contributed by atoms with E-state index in [2.05, 4.69) is 18.7 Å². The molecule has 0 amide bonds. The minimum absolute atomic E-state index is 0.499. The van der Waals surface area contributed by atoms with Gasteiger partial charge in [-0.2, -0.15) is 0 Å². The van der Waals surface area contributed by atoms with Gasteiger partial charge in [-0.15, -0.1) is 0 Å². The van der Waals surface area contributed by atoms with Crippen molar-refractivity contribution >= 4 is 0 Å². The summed E-state index contributed by atoms with van der Waals surface area (Å²) in [4.78, 5) is 2.39. The Labute approximate surface area is 87.6 Å². The minimum atomic E-state index is 0.499. The second kappa shape index (κ2) is 6.38. The first kappa shape index (κ1) is 12.0. The Morgan fingerprint density at radius 3 is 2.43 bits per heavy atom. The van der Waals surface area contributed by atoms with Crippen LogP contribution >= 0.6 is 0 Å². The SMILES string of the molecule is CCN(CC)CCOC1CC(CN)C1. The average molecular weight is 200 g/mol. The second-order valence-corrected chi connectivity index (χ2v) is 4.09. The fourth-order valence-electron chi connectivity index (χ4n) is 1.89. The molecule has 0 aromatic carbocycles. The molecule has 0 radical (unpaired) electrons. The molecule has 0 heterocycles. The summed E-state index contributed by atoms with van der Waals surface area (Å²) in [6.45, 7) is 9.40. The van der Waals surface area contributed by atoms with Crippen molar-refractivity contribution in [3.63, 3.8) is 0 Å². The van der Waals surface area contributed by atoms with Gasteiger partial charge in [0.25, 0.3) is 0 Å². The van der Waals surface area contributed by atoms with Crippen LogP contribution in [0.2, 0.25) is 0 Å². The molecule has 0 atom stereocenters. The predicted octanol–water partition coefficient (Wildman–Crippen LogP) is 1.08. The summed E-state index contributed by atoms with van der Waals surface area (Å²) in [5.74, 6) is 0.730. The third-order valence-corrected chi connectivity index (χ3v) is 3.18. The standard InChI is InChI=1S/C11H24N2O/c1-3-13(4-2)5-6-14-11-7-10(8-11)9-12/h10-11H,3-9,12H2,1-2H3. The van der Waals surface area contributed by atoms with Crippen molar-refractivity contribution < 1.29 is 4.74 Å². The van der Waals surface area contributed by atoms with Crippen LogP contribution in [-0.2, 0) is 4.74 Å². The maximum absolute atomic E-state index is 5.75. The molecule has 1 aliphatic carbocycles. The third kappa shape index (κ3) is 3.56. The maximum atomic E-state index is 5.75. The van der Waals surface area contributed by atoms with Crippen molar-refractivity contribution in [3.05, 3.63) is 0 Å². The minimum Gasteiger partial charge on any atom is -0.377 e. The molecule has 84 valence electrons. The Kier molecular flexibility index (Phi) is 5.45. The van der Waals surface area contributed by atoms with Crippen molar-refractivity contribution in [3.8, 4) is 0 Å². The maximum Gasteiger partial charge on any atom is 0.0597 e. The van der Waals surface area contributed by atoms with E-state index < -0.39 is 0 Å². The van der Waals surface area contributed by atoms with E-state index in [-0.39, 0.29) is 0 Å². The van der Waals surface area contributed by atoms with Gasteiger partial charge in [0.1, 0.15) is 0 Å². The molecule has 0 unspecified atom stereocenters. The first-order valence-corrected chi connectivity index (χ1v) is 5.84. The van der Waals surface area contributed by atoms with Crippen molar-refractivity contribution in [1.29, 1.82) is 0 Å². The Balaban J connectivity index is 1.94. The van der Waals surface area contributed by atoms with E-state index in [1.54, 1.807) is 0 Å². The van der Waals surface area contributed by atoms with Gasteiger partial charge in [-0.3, -0.25) is 0 Å². The van der Waals surface area contributed by atoms with Crippen LogP contribution in [0, 0.1) is 5.92 Å². The van der Waals surface area contributed by atoms with E-state index in [1.165, 1.54) is 12.8 Å². The van der Waals surface area contributed by atoms with Crippen LogP contribution in [0.15, 0.2) is 0 Å². The lowest BCUT2D eigenvalue weighted by Crippen LogP contribution is -2.37. The third-order valence-electron chi connectivity index (χ3n) is 3.18. The molecule has 3 nitrogen and oxygen atoms in total. The van der Waals surface area contributed by atoms with Gasteiger partial charge in [-0.1, -0.05) is 13.8 Å². The molecule has 14 heavy (non-hydrogen) atoms. The zero-order chi connectivity index (χ0) is 10.4. The highest BCUT2D eigenvalue weighted by molar-refractivity contribution is 4.80. The van der Waals surface area contributed by atoms with Gasteiger partial charge in [0, 0.05) is 6.54 Å². The van der Waals surface area contributed by atoms with Crippen molar-refractivity contribution in [1.82, 2.24) is 4.90 Å². The molecule has 0 spiro atoms. The molecule has 2 N–H and O–H groups in total. The molecule has 0 bridgehead atoms. The van der Waals surface area contributed by atoms with E-state index >= 15 is 0 Å².